The number of hydrogen-bond acceptors (Lipinski definition) is 1. The molecule has 0 aromatic heterocycles. The molecule has 0 saturated heterocycles. The van der Waals surface area contributed by atoms with Crippen molar-refractivity contribution in [3.05, 3.63) is 65.7 Å². The van der Waals surface area contributed by atoms with Gasteiger partial charge in [0, 0.05) is 5.56 Å². The summed E-state index contributed by atoms with van der Waals surface area (Å²) in [6, 6.07) is 19.3. The lowest BCUT2D eigenvalue weighted by Gasteiger charge is -2.44. The van der Waals surface area contributed by atoms with Crippen LogP contribution in [0.1, 0.15) is 49.7 Å². The summed E-state index contributed by atoms with van der Waals surface area (Å²) in [5.74, 6) is 2.88. The van der Waals surface area contributed by atoms with Crippen molar-refractivity contribution >= 4 is 10.8 Å². The number of fused-ring (bicyclic) bond motifs is 8. The van der Waals surface area contributed by atoms with Crippen LogP contribution in [0.15, 0.2) is 54.6 Å². The zero-order valence-corrected chi connectivity index (χ0v) is 14.9. The zero-order valence-electron chi connectivity index (χ0n) is 14.9. The highest BCUT2D eigenvalue weighted by Gasteiger charge is 2.41. The Morgan fingerprint density at radius 2 is 1.52 bits per heavy atom. The molecule has 5 rings (SSSR count). The second-order valence-corrected chi connectivity index (χ2v) is 8.13. The van der Waals surface area contributed by atoms with E-state index < -0.39 is 0 Å². The van der Waals surface area contributed by atoms with E-state index in [4.69, 9.17) is 0 Å². The van der Waals surface area contributed by atoms with Gasteiger partial charge in [0.25, 0.3) is 0 Å². The fraction of sp³-hybridized carbons (Fsp3) is 0.333. The van der Waals surface area contributed by atoms with Gasteiger partial charge in [-0.05, 0) is 70.0 Å². The minimum absolute atomic E-state index is 0.431. The van der Waals surface area contributed by atoms with E-state index in [2.05, 4.69) is 62.4 Å². The van der Waals surface area contributed by atoms with Gasteiger partial charge in [0.15, 0.2) is 0 Å². The Morgan fingerprint density at radius 3 is 2.36 bits per heavy atom. The molecule has 126 valence electrons. The van der Waals surface area contributed by atoms with Crippen molar-refractivity contribution in [2.45, 2.75) is 38.5 Å². The average Bonchev–Trinajstić information content (AvgIpc) is 2.63. The smallest absolute Gasteiger partial charge is 0.120 e. The van der Waals surface area contributed by atoms with Gasteiger partial charge in [-0.25, -0.2) is 0 Å². The Balaban J connectivity index is 1.87. The summed E-state index contributed by atoms with van der Waals surface area (Å²) in [6.45, 7) is 4.76. The van der Waals surface area contributed by atoms with Gasteiger partial charge in [0.2, 0.25) is 0 Å². The molecule has 4 unspecified atom stereocenters. The number of phenolic OH excluding ortho intramolecular Hbond substituents is 1. The predicted molar refractivity (Wildman–Crippen MR) is 104 cm³/mol. The van der Waals surface area contributed by atoms with Crippen LogP contribution in [0.4, 0.5) is 0 Å². The highest BCUT2D eigenvalue weighted by Crippen LogP contribution is 2.58. The second-order valence-electron chi connectivity index (χ2n) is 8.13. The molecule has 1 fully saturated rings. The minimum atomic E-state index is 0.431. The van der Waals surface area contributed by atoms with Crippen LogP contribution in [0.25, 0.3) is 21.9 Å². The topological polar surface area (TPSA) is 20.2 Å². The molecular weight excluding hydrogens is 304 g/mol. The van der Waals surface area contributed by atoms with Gasteiger partial charge in [0.05, 0.1) is 0 Å². The summed E-state index contributed by atoms with van der Waals surface area (Å²) in [5, 5.41) is 13.4. The van der Waals surface area contributed by atoms with E-state index in [1.165, 1.54) is 40.5 Å². The van der Waals surface area contributed by atoms with E-state index in [9.17, 15) is 5.11 Å². The SMILES string of the molecule is CC1CC2c3ccccc3-c3c(c(O)cc4ccccc34)C2CC1C. The molecule has 0 amide bonds. The Morgan fingerprint density at radius 1 is 0.840 bits per heavy atom. The lowest BCUT2D eigenvalue weighted by atomic mass is 9.60. The third-order valence-electron chi connectivity index (χ3n) is 6.78. The van der Waals surface area contributed by atoms with E-state index in [0.29, 0.717) is 23.5 Å². The summed E-state index contributed by atoms with van der Waals surface area (Å²) < 4.78 is 0. The maximum atomic E-state index is 11.0. The number of phenols is 1. The van der Waals surface area contributed by atoms with Crippen molar-refractivity contribution in [1.82, 2.24) is 0 Å². The summed E-state index contributed by atoms with van der Waals surface area (Å²) in [5.41, 5.74) is 5.28. The number of hydrogen-bond donors (Lipinski definition) is 1. The molecule has 0 radical (unpaired) electrons. The van der Waals surface area contributed by atoms with E-state index in [-0.39, 0.29) is 0 Å². The highest BCUT2D eigenvalue weighted by atomic mass is 16.3. The van der Waals surface area contributed by atoms with Crippen LogP contribution >= 0.6 is 0 Å². The summed E-state index contributed by atoms with van der Waals surface area (Å²) in [4.78, 5) is 0. The summed E-state index contributed by atoms with van der Waals surface area (Å²) in [6.07, 6.45) is 2.38. The third kappa shape index (κ3) is 2.08. The molecule has 0 bridgehead atoms. The molecule has 0 spiro atoms. The largest absolute Gasteiger partial charge is 0.508 e. The van der Waals surface area contributed by atoms with Gasteiger partial charge in [-0.1, -0.05) is 62.4 Å². The van der Waals surface area contributed by atoms with Gasteiger partial charge < -0.3 is 5.11 Å². The molecule has 3 aromatic carbocycles. The molecule has 1 heteroatoms. The van der Waals surface area contributed by atoms with Crippen LogP contribution in [0.3, 0.4) is 0 Å². The standard InChI is InChI=1S/C24H24O/c1-14-11-20-18-9-5-6-10-19(18)23-17-8-4-3-7-16(17)13-22(25)24(23)21(20)12-15(14)2/h3-10,13-15,20-21,25H,11-12H2,1-2H3. The first kappa shape index (κ1) is 15.0. The molecule has 0 aliphatic heterocycles. The van der Waals surface area contributed by atoms with Crippen molar-refractivity contribution in [2.75, 3.05) is 0 Å². The van der Waals surface area contributed by atoms with Crippen LogP contribution in [-0.2, 0) is 0 Å². The van der Waals surface area contributed by atoms with Crippen molar-refractivity contribution in [3.63, 3.8) is 0 Å². The normalized spacial score (nSPS) is 27.4. The molecule has 3 aromatic rings. The van der Waals surface area contributed by atoms with Gasteiger partial charge in [-0.3, -0.25) is 0 Å². The maximum Gasteiger partial charge on any atom is 0.120 e. The van der Waals surface area contributed by atoms with Crippen LogP contribution in [0.5, 0.6) is 5.75 Å². The Labute approximate surface area is 149 Å². The van der Waals surface area contributed by atoms with Gasteiger partial charge in [-0.2, -0.15) is 0 Å². The molecule has 4 atom stereocenters. The predicted octanol–water partition coefficient (Wildman–Crippen LogP) is 6.46. The molecule has 0 heterocycles. The summed E-state index contributed by atoms with van der Waals surface area (Å²) >= 11 is 0. The quantitative estimate of drug-likeness (QED) is 0.502. The van der Waals surface area contributed by atoms with Crippen LogP contribution in [-0.4, -0.2) is 5.11 Å². The Bertz CT molecular complexity index is 971. The van der Waals surface area contributed by atoms with Crippen molar-refractivity contribution in [3.8, 4) is 16.9 Å². The monoisotopic (exact) mass is 328 g/mol. The van der Waals surface area contributed by atoms with Gasteiger partial charge >= 0.3 is 0 Å². The first-order valence-electron chi connectivity index (χ1n) is 9.49. The van der Waals surface area contributed by atoms with Crippen LogP contribution in [0.2, 0.25) is 0 Å². The number of rotatable bonds is 0. The molecular formula is C24H24O. The molecule has 1 N–H and O–H groups in total. The average molecular weight is 328 g/mol. The van der Waals surface area contributed by atoms with E-state index in [1.807, 2.05) is 6.07 Å². The van der Waals surface area contributed by atoms with E-state index in [1.54, 1.807) is 0 Å². The lowest BCUT2D eigenvalue weighted by Crippen LogP contribution is -2.29. The fourth-order valence-corrected chi connectivity index (χ4v) is 5.32. The molecule has 1 nitrogen and oxygen atoms in total. The first-order valence-corrected chi connectivity index (χ1v) is 9.49. The first-order chi connectivity index (χ1) is 12.1. The minimum Gasteiger partial charge on any atom is -0.508 e. The highest BCUT2D eigenvalue weighted by molar-refractivity contribution is 6.01. The summed E-state index contributed by atoms with van der Waals surface area (Å²) in [7, 11) is 0. The van der Waals surface area contributed by atoms with Crippen molar-refractivity contribution < 1.29 is 5.11 Å². The second kappa shape index (κ2) is 5.36. The van der Waals surface area contributed by atoms with Crippen molar-refractivity contribution in [1.29, 1.82) is 0 Å². The van der Waals surface area contributed by atoms with Gasteiger partial charge in [-0.15, -0.1) is 0 Å². The fourth-order valence-electron chi connectivity index (χ4n) is 5.32. The Hall–Kier alpha value is -2.28. The molecule has 1 saturated carbocycles. The molecule has 2 aliphatic rings. The third-order valence-corrected chi connectivity index (χ3v) is 6.78. The van der Waals surface area contributed by atoms with Crippen molar-refractivity contribution in [2.24, 2.45) is 11.8 Å². The zero-order chi connectivity index (χ0) is 17.1. The number of aromatic hydroxyl groups is 1. The van der Waals surface area contributed by atoms with Crippen LogP contribution < -0.4 is 0 Å². The number of benzene rings is 3. The molecule has 25 heavy (non-hydrogen) atoms. The molecule has 2 aliphatic carbocycles. The Kier molecular flexibility index (Phi) is 3.22. The van der Waals surface area contributed by atoms with E-state index in [0.717, 1.165) is 11.3 Å². The van der Waals surface area contributed by atoms with Gasteiger partial charge in [0.1, 0.15) is 5.75 Å². The lowest BCUT2D eigenvalue weighted by molar-refractivity contribution is 0.218. The van der Waals surface area contributed by atoms with Crippen LogP contribution in [0, 0.1) is 11.8 Å². The van der Waals surface area contributed by atoms with E-state index >= 15 is 0 Å². The maximum absolute atomic E-state index is 11.0.